The van der Waals surface area contributed by atoms with Crippen molar-refractivity contribution < 1.29 is 9.53 Å². The number of hydrogen-bond donors (Lipinski definition) is 2. The summed E-state index contributed by atoms with van der Waals surface area (Å²) < 4.78 is 5.64. The highest BCUT2D eigenvalue weighted by Gasteiger charge is 2.38. The van der Waals surface area contributed by atoms with Crippen molar-refractivity contribution in [2.45, 2.75) is 25.4 Å². The lowest BCUT2D eigenvalue weighted by Crippen LogP contribution is -2.54. The summed E-state index contributed by atoms with van der Waals surface area (Å²) in [5, 5.41) is 3.40. The Morgan fingerprint density at radius 3 is 2.29 bits per heavy atom. The molecule has 0 radical (unpaired) electrons. The summed E-state index contributed by atoms with van der Waals surface area (Å²) in [5.41, 5.74) is 7.60. The van der Waals surface area contributed by atoms with Crippen LogP contribution in [0, 0.1) is 0 Å². The van der Waals surface area contributed by atoms with Crippen molar-refractivity contribution in [2.24, 2.45) is 5.73 Å². The van der Waals surface area contributed by atoms with Gasteiger partial charge >= 0.3 is 0 Å². The number of nitrogens with two attached hydrogens (primary N) is 1. The summed E-state index contributed by atoms with van der Waals surface area (Å²) in [6.45, 7) is 2.93. The van der Waals surface area contributed by atoms with E-state index < -0.39 is 11.4 Å². The number of carbonyl (C=O) groups is 1. The van der Waals surface area contributed by atoms with Crippen LogP contribution in [0.4, 0.5) is 0 Å². The molecule has 0 aliphatic rings. The average molecular weight is 376 g/mol. The lowest BCUT2D eigenvalue weighted by atomic mass is 9.82. The van der Waals surface area contributed by atoms with E-state index in [1.165, 1.54) is 0 Å². The predicted molar refractivity (Wildman–Crippen MR) is 108 cm³/mol. The maximum atomic E-state index is 12.8. The Morgan fingerprint density at radius 1 is 1.04 bits per heavy atom. The third-order valence-electron chi connectivity index (χ3n) is 4.62. The fourth-order valence-electron chi connectivity index (χ4n) is 3.16. The minimum Gasteiger partial charge on any atom is -0.494 e. The van der Waals surface area contributed by atoms with Crippen molar-refractivity contribution >= 4 is 5.91 Å². The molecule has 0 bridgehead atoms. The van der Waals surface area contributed by atoms with Gasteiger partial charge in [-0.2, -0.15) is 0 Å². The van der Waals surface area contributed by atoms with Gasteiger partial charge in [0.2, 0.25) is 5.91 Å². The Labute approximate surface area is 164 Å². The predicted octanol–water partition coefficient (Wildman–Crippen LogP) is 2.59. The van der Waals surface area contributed by atoms with Crippen LogP contribution in [0.15, 0.2) is 73.3 Å². The van der Waals surface area contributed by atoms with Crippen LogP contribution in [-0.2, 0) is 23.3 Å². The number of benzene rings is 1. The number of rotatable bonds is 9. The summed E-state index contributed by atoms with van der Waals surface area (Å²) >= 11 is 0. The first-order chi connectivity index (χ1) is 13.6. The summed E-state index contributed by atoms with van der Waals surface area (Å²) in [7, 11) is 0. The highest BCUT2D eigenvalue weighted by Crippen LogP contribution is 2.29. The van der Waals surface area contributed by atoms with Gasteiger partial charge in [0.15, 0.2) is 0 Å². The van der Waals surface area contributed by atoms with Crippen molar-refractivity contribution in [1.82, 2.24) is 15.3 Å². The minimum absolute atomic E-state index is 0.394. The molecule has 144 valence electrons. The zero-order chi connectivity index (χ0) is 19.8. The van der Waals surface area contributed by atoms with Crippen LogP contribution in [0.25, 0.3) is 0 Å². The number of hydrogen-bond acceptors (Lipinski definition) is 5. The zero-order valence-electron chi connectivity index (χ0n) is 15.8. The molecule has 1 unspecified atom stereocenters. The molecule has 3 N–H and O–H groups in total. The Balaban J connectivity index is 2.01. The maximum absolute atomic E-state index is 12.8. The fourth-order valence-corrected chi connectivity index (χ4v) is 3.16. The fraction of sp³-hybridized carbons (Fsp3) is 0.227. The molecule has 2 aromatic heterocycles. The Hall–Kier alpha value is -3.25. The van der Waals surface area contributed by atoms with Crippen molar-refractivity contribution in [1.29, 1.82) is 0 Å². The van der Waals surface area contributed by atoms with Crippen LogP contribution in [-0.4, -0.2) is 22.5 Å². The second-order valence-electron chi connectivity index (χ2n) is 6.47. The number of ether oxygens (including phenoxy) is 1. The summed E-state index contributed by atoms with van der Waals surface area (Å²) in [4.78, 5) is 20.9. The highest BCUT2D eigenvalue weighted by atomic mass is 16.5. The molecule has 0 fully saturated rings. The molecule has 1 amide bonds. The normalized spacial score (nSPS) is 12.9. The van der Waals surface area contributed by atoms with E-state index in [2.05, 4.69) is 15.3 Å². The third-order valence-corrected chi connectivity index (χ3v) is 4.62. The van der Waals surface area contributed by atoms with E-state index in [1.807, 2.05) is 55.5 Å². The van der Waals surface area contributed by atoms with Crippen molar-refractivity contribution in [2.75, 3.05) is 6.61 Å². The van der Waals surface area contributed by atoms with Gasteiger partial charge in [-0.05, 0) is 60.0 Å². The number of nitrogens with one attached hydrogen (secondary N) is 1. The molecule has 0 aliphatic heterocycles. The largest absolute Gasteiger partial charge is 0.494 e. The van der Waals surface area contributed by atoms with Gasteiger partial charge < -0.3 is 10.5 Å². The van der Waals surface area contributed by atoms with Crippen LogP contribution in [0.3, 0.4) is 0 Å². The van der Waals surface area contributed by atoms with Crippen LogP contribution >= 0.6 is 0 Å². The van der Waals surface area contributed by atoms with Gasteiger partial charge in [-0.3, -0.25) is 20.1 Å². The lowest BCUT2D eigenvalue weighted by molar-refractivity contribution is -0.125. The van der Waals surface area contributed by atoms with Gasteiger partial charge in [0.1, 0.15) is 11.3 Å². The summed E-state index contributed by atoms with van der Waals surface area (Å²) in [6.07, 6.45) is 7.26. The Bertz CT molecular complexity index is 903. The van der Waals surface area contributed by atoms with Crippen LogP contribution in [0.5, 0.6) is 5.75 Å². The molecule has 0 aliphatic carbocycles. The van der Waals surface area contributed by atoms with Gasteiger partial charge in [0.25, 0.3) is 0 Å². The monoisotopic (exact) mass is 376 g/mol. The molecule has 1 atom stereocenters. The molecule has 3 rings (SSSR count). The molecule has 28 heavy (non-hydrogen) atoms. The second-order valence-corrected chi connectivity index (χ2v) is 6.47. The summed E-state index contributed by atoms with van der Waals surface area (Å²) in [5.74, 6) is 0.248. The Kier molecular flexibility index (Phi) is 6.34. The molecular formula is C22H24N4O2. The van der Waals surface area contributed by atoms with E-state index in [0.29, 0.717) is 25.3 Å². The molecule has 1 aromatic carbocycles. The van der Waals surface area contributed by atoms with Gasteiger partial charge in [-0.25, -0.2) is 0 Å². The lowest BCUT2D eigenvalue weighted by Gasteiger charge is -2.33. The molecular weight excluding hydrogens is 352 g/mol. The first-order valence-corrected chi connectivity index (χ1v) is 9.20. The number of pyridine rings is 2. The van der Waals surface area contributed by atoms with E-state index in [-0.39, 0.29) is 0 Å². The topological polar surface area (TPSA) is 90.1 Å². The number of carbonyl (C=O) groups excluding carboxylic acids is 1. The van der Waals surface area contributed by atoms with E-state index in [0.717, 1.165) is 16.7 Å². The number of primary amides is 1. The first-order valence-electron chi connectivity index (χ1n) is 9.20. The SMILES string of the molecule is CCOc1cccc(C(Cc2ccncc2)(NCc2ccncc2)C(N)=O)c1. The third kappa shape index (κ3) is 4.53. The van der Waals surface area contributed by atoms with Crippen molar-refractivity contribution in [3.63, 3.8) is 0 Å². The molecule has 0 spiro atoms. The second kappa shape index (κ2) is 9.10. The average Bonchev–Trinajstić information content (AvgIpc) is 2.73. The van der Waals surface area contributed by atoms with E-state index in [9.17, 15) is 4.79 Å². The van der Waals surface area contributed by atoms with Gasteiger partial charge in [0, 0.05) is 37.8 Å². The van der Waals surface area contributed by atoms with Gasteiger partial charge in [-0.1, -0.05) is 12.1 Å². The number of nitrogens with zero attached hydrogens (tertiary/aromatic N) is 2. The molecule has 2 heterocycles. The quantitative estimate of drug-likeness (QED) is 0.599. The Morgan fingerprint density at radius 2 is 1.68 bits per heavy atom. The number of aromatic nitrogens is 2. The standard InChI is InChI=1S/C22H24N4O2/c1-2-28-20-5-3-4-19(14-20)22(21(23)27,15-17-6-10-24-11-7-17)26-16-18-8-12-25-13-9-18/h3-14,26H,2,15-16H2,1H3,(H2,23,27). The van der Waals surface area contributed by atoms with Crippen LogP contribution < -0.4 is 15.8 Å². The van der Waals surface area contributed by atoms with Crippen LogP contribution in [0.2, 0.25) is 0 Å². The highest BCUT2D eigenvalue weighted by molar-refractivity contribution is 5.86. The molecule has 0 saturated carbocycles. The molecule has 6 nitrogen and oxygen atoms in total. The van der Waals surface area contributed by atoms with E-state index in [1.54, 1.807) is 24.8 Å². The smallest absolute Gasteiger partial charge is 0.242 e. The number of amides is 1. The molecule has 6 heteroatoms. The zero-order valence-corrected chi connectivity index (χ0v) is 15.8. The van der Waals surface area contributed by atoms with Gasteiger partial charge in [0.05, 0.1) is 6.61 Å². The summed E-state index contributed by atoms with van der Waals surface area (Å²) in [6, 6.07) is 15.1. The van der Waals surface area contributed by atoms with Crippen molar-refractivity contribution in [3.05, 3.63) is 90.0 Å². The maximum Gasteiger partial charge on any atom is 0.242 e. The molecule has 3 aromatic rings. The molecule has 0 saturated heterocycles. The van der Waals surface area contributed by atoms with E-state index >= 15 is 0 Å². The minimum atomic E-state index is -1.10. The van der Waals surface area contributed by atoms with E-state index in [4.69, 9.17) is 10.5 Å². The first kappa shape index (κ1) is 19.5. The van der Waals surface area contributed by atoms with Crippen LogP contribution in [0.1, 0.15) is 23.6 Å². The van der Waals surface area contributed by atoms with Crippen molar-refractivity contribution in [3.8, 4) is 5.75 Å². The van der Waals surface area contributed by atoms with Gasteiger partial charge in [-0.15, -0.1) is 0 Å².